The van der Waals surface area contributed by atoms with Crippen LogP contribution in [-0.2, 0) is 6.54 Å². The van der Waals surface area contributed by atoms with E-state index in [0.717, 1.165) is 34.1 Å². The first-order chi connectivity index (χ1) is 11.7. The Hall–Kier alpha value is -2.13. The summed E-state index contributed by atoms with van der Waals surface area (Å²) in [6, 6.07) is 16.6. The Morgan fingerprint density at radius 2 is 1.75 bits per heavy atom. The maximum atomic E-state index is 12.7. The Balaban J connectivity index is 1.52. The summed E-state index contributed by atoms with van der Waals surface area (Å²) in [7, 11) is 1.96. The van der Waals surface area contributed by atoms with Gasteiger partial charge in [0.25, 0.3) is 5.91 Å². The van der Waals surface area contributed by atoms with E-state index < -0.39 is 0 Å². The molecule has 2 atom stereocenters. The van der Waals surface area contributed by atoms with Gasteiger partial charge in [0.1, 0.15) is 0 Å². The van der Waals surface area contributed by atoms with Crippen LogP contribution in [0.2, 0.25) is 0 Å². The molecule has 2 saturated carbocycles. The molecule has 0 bridgehead atoms. The molecule has 0 heterocycles. The minimum absolute atomic E-state index is 0.146. The average molecular weight is 320 g/mol. The third-order valence-corrected chi connectivity index (χ3v) is 5.81. The third kappa shape index (κ3) is 2.53. The predicted octanol–water partition coefficient (Wildman–Crippen LogP) is 3.68. The molecule has 4 rings (SSSR count). The van der Waals surface area contributed by atoms with Gasteiger partial charge in [-0.2, -0.15) is 0 Å². The number of nitrogens with zero attached hydrogens (tertiary/aromatic N) is 1. The van der Waals surface area contributed by atoms with E-state index >= 15 is 0 Å². The summed E-state index contributed by atoms with van der Waals surface area (Å²) in [5, 5.41) is 0. The van der Waals surface area contributed by atoms with Gasteiger partial charge in [-0.25, -0.2) is 0 Å². The molecule has 2 unspecified atom stereocenters. The molecule has 0 aliphatic heterocycles. The number of rotatable bonds is 4. The molecule has 2 fully saturated rings. The SMILES string of the molecule is CN(C(=O)c1ccc(-c2ccccc2CN)cc1)C1C2CCCC21. The van der Waals surface area contributed by atoms with Gasteiger partial charge in [-0.15, -0.1) is 0 Å². The van der Waals surface area contributed by atoms with Crippen molar-refractivity contribution in [2.75, 3.05) is 7.05 Å². The summed E-state index contributed by atoms with van der Waals surface area (Å²) in [5.41, 5.74) is 9.98. The number of benzene rings is 2. The molecule has 0 spiro atoms. The van der Waals surface area contributed by atoms with Crippen LogP contribution >= 0.6 is 0 Å². The highest BCUT2D eigenvalue weighted by molar-refractivity contribution is 5.95. The van der Waals surface area contributed by atoms with Crippen molar-refractivity contribution in [1.82, 2.24) is 4.90 Å². The molecular formula is C21H24N2O. The van der Waals surface area contributed by atoms with Crippen molar-refractivity contribution in [1.29, 1.82) is 0 Å². The topological polar surface area (TPSA) is 46.3 Å². The van der Waals surface area contributed by atoms with Crippen molar-refractivity contribution in [3.63, 3.8) is 0 Å². The highest BCUT2D eigenvalue weighted by atomic mass is 16.2. The minimum atomic E-state index is 0.146. The molecule has 2 N–H and O–H groups in total. The van der Waals surface area contributed by atoms with Gasteiger partial charge in [-0.05, 0) is 53.5 Å². The van der Waals surface area contributed by atoms with Gasteiger partial charge in [-0.1, -0.05) is 42.8 Å². The van der Waals surface area contributed by atoms with E-state index in [9.17, 15) is 4.79 Å². The molecule has 0 radical (unpaired) electrons. The largest absolute Gasteiger partial charge is 0.338 e. The lowest BCUT2D eigenvalue weighted by atomic mass is 9.98. The van der Waals surface area contributed by atoms with Gasteiger partial charge in [0.15, 0.2) is 0 Å². The van der Waals surface area contributed by atoms with Crippen LogP contribution in [0.25, 0.3) is 11.1 Å². The van der Waals surface area contributed by atoms with E-state index in [1.165, 1.54) is 19.3 Å². The summed E-state index contributed by atoms with van der Waals surface area (Å²) in [4.78, 5) is 14.7. The Morgan fingerprint density at radius 3 is 2.42 bits per heavy atom. The number of nitrogens with two attached hydrogens (primary N) is 1. The van der Waals surface area contributed by atoms with E-state index in [1.54, 1.807) is 0 Å². The normalized spacial score (nSPS) is 24.5. The van der Waals surface area contributed by atoms with Crippen molar-refractivity contribution in [2.24, 2.45) is 17.6 Å². The van der Waals surface area contributed by atoms with Crippen LogP contribution in [-0.4, -0.2) is 23.9 Å². The first-order valence-corrected chi connectivity index (χ1v) is 8.86. The van der Waals surface area contributed by atoms with Crippen LogP contribution in [0.1, 0.15) is 35.2 Å². The lowest BCUT2D eigenvalue weighted by Gasteiger charge is -2.19. The Morgan fingerprint density at radius 1 is 1.08 bits per heavy atom. The number of carbonyl (C=O) groups is 1. The second kappa shape index (κ2) is 6.06. The molecule has 2 aromatic rings. The van der Waals surface area contributed by atoms with Gasteiger partial charge in [-0.3, -0.25) is 4.79 Å². The first-order valence-electron chi connectivity index (χ1n) is 8.86. The minimum Gasteiger partial charge on any atom is -0.338 e. The van der Waals surface area contributed by atoms with Gasteiger partial charge >= 0.3 is 0 Å². The van der Waals surface area contributed by atoms with Gasteiger partial charge in [0, 0.05) is 25.2 Å². The Bertz CT molecular complexity index is 743. The molecule has 2 aliphatic rings. The van der Waals surface area contributed by atoms with Crippen LogP contribution in [0.3, 0.4) is 0 Å². The number of hydrogen-bond donors (Lipinski definition) is 1. The molecule has 24 heavy (non-hydrogen) atoms. The fraction of sp³-hybridized carbons (Fsp3) is 0.381. The number of fused-ring (bicyclic) bond motifs is 1. The highest BCUT2D eigenvalue weighted by Gasteiger charge is 2.55. The fourth-order valence-corrected chi connectivity index (χ4v) is 4.47. The summed E-state index contributed by atoms with van der Waals surface area (Å²) >= 11 is 0. The van der Waals surface area contributed by atoms with E-state index in [1.807, 2.05) is 54.4 Å². The van der Waals surface area contributed by atoms with E-state index in [2.05, 4.69) is 6.07 Å². The summed E-state index contributed by atoms with van der Waals surface area (Å²) < 4.78 is 0. The molecule has 0 aromatic heterocycles. The standard InChI is InChI=1S/C21H24N2O/c1-23(20-18-7-4-8-19(18)20)21(24)15-11-9-14(10-12-15)17-6-3-2-5-16(17)13-22/h2-3,5-6,9-12,18-20H,4,7-8,13,22H2,1H3. The maximum Gasteiger partial charge on any atom is 0.253 e. The zero-order valence-electron chi connectivity index (χ0n) is 14.1. The summed E-state index contributed by atoms with van der Waals surface area (Å²) in [6.07, 6.45) is 3.92. The van der Waals surface area contributed by atoms with Crippen LogP contribution in [0.15, 0.2) is 48.5 Å². The first kappa shape index (κ1) is 15.4. The van der Waals surface area contributed by atoms with Crippen LogP contribution in [0, 0.1) is 11.8 Å². The quantitative estimate of drug-likeness (QED) is 0.934. The van der Waals surface area contributed by atoms with Crippen molar-refractivity contribution in [3.8, 4) is 11.1 Å². The molecule has 2 aliphatic carbocycles. The van der Waals surface area contributed by atoms with E-state index in [-0.39, 0.29) is 5.91 Å². The molecule has 0 saturated heterocycles. The van der Waals surface area contributed by atoms with Crippen LogP contribution in [0.5, 0.6) is 0 Å². The van der Waals surface area contributed by atoms with E-state index in [0.29, 0.717) is 12.6 Å². The second-order valence-electron chi connectivity index (χ2n) is 7.10. The van der Waals surface area contributed by atoms with Crippen LogP contribution < -0.4 is 5.73 Å². The molecule has 124 valence electrons. The van der Waals surface area contributed by atoms with Gasteiger partial charge < -0.3 is 10.6 Å². The number of amides is 1. The van der Waals surface area contributed by atoms with Crippen LogP contribution in [0.4, 0.5) is 0 Å². The number of hydrogen-bond acceptors (Lipinski definition) is 2. The smallest absolute Gasteiger partial charge is 0.253 e. The molecular weight excluding hydrogens is 296 g/mol. The Labute approximate surface area is 143 Å². The van der Waals surface area contributed by atoms with Gasteiger partial charge in [0.2, 0.25) is 0 Å². The number of carbonyl (C=O) groups excluding carboxylic acids is 1. The lowest BCUT2D eigenvalue weighted by molar-refractivity contribution is 0.0767. The average Bonchev–Trinajstić information content (AvgIpc) is 3.12. The summed E-state index contributed by atoms with van der Waals surface area (Å²) in [6.45, 7) is 0.518. The van der Waals surface area contributed by atoms with Crippen molar-refractivity contribution < 1.29 is 4.79 Å². The van der Waals surface area contributed by atoms with Crippen molar-refractivity contribution >= 4 is 5.91 Å². The van der Waals surface area contributed by atoms with Crippen molar-refractivity contribution in [2.45, 2.75) is 31.8 Å². The monoisotopic (exact) mass is 320 g/mol. The van der Waals surface area contributed by atoms with Crippen molar-refractivity contribution in [3.05, 3.63) is 59.7 Å². The second-order valence-corrected chi connectivity index (χ2v) is 7.10. The third-order valence-electron chi connectivity index (χ3n) is 5.81. The lowest BCUT2D eigenvalue weighted by Crippen LogP contribution is -2.31. The molecule has 3 heteroatoms. The van der Waals surface area contributed by atoms with Gasteiger partial charge in [0.05, 0.1) is 0 Å². The fourth-order valence-electron chi connectivity index (χ4n) is 4.47. The molecule has 3 nitrogen and oxygen atoms in total. The maximum absolute atomic E-state index is 12.7. The predicted molar refractivity (Wildman–Crippen MR) is 96.5 cm³/mol. The molecule has 1 amide bonds. The zero-order chi connectivity index (χ0) is 16.7. The Kier molecular flexibility index (Phi) is 3.89. The highest BCUT2D eigenvalue weighted by Crippen LogP contribution is 2.54. The van der Waals surface area contributed by atoms with E-state index in [4.69, 9.17) is 5.73 Å². The summed E-state index contributed by atoms with van der Waals surface area (Å²) in [5.74, 6) is 1.66. The molecule has 2 aromatic carbocycles. The zero-order valence-corrected chi connectivity index (χ0v) is 14.1.